The first kappa shape index (κ1) is 14.4. The van der Waals surface area contributed by atoms with Crippen molar-refractivity contribution in [3.05, 3.63) is 27.7 Å². The molecule has 0 radical (unpaired) electrons. The van der Waals surface area contributed by atoms with Crippen LogP contribution in [0.15, 0.2) is 16.6 Å². The Kier molecular flexibility index (Phi) is 4.37. The number of nitrogens with one attached hydrogen (secondary N) is 1. The number of halogens is 1. The molecule has 3 rings (SSSR count). The van der Waals surface area contributed by atoms with Crippen LogP contribution in [0, 0.1) is 0 Å². The van der Waals surface area contributed by atoms with Gasteiger partial charge in [0.05, 0.1) is 0 Å². The van der Waals surface area contributed by atoms with Crippen molar-refractivity contribution in [2.24, 2.45) is 0 Å². The van der Waals surface area contributed by atoms with Crippen LogP contribution in [0.4, 0.5) is 5.69 Å². The Hall–Kier alpha value is -0.540. The van der Waals surface area contributed by atoms with Crippen molar-refractivity contribution in [3.8, 4) is 0 Å². The van der Waals surface area contributed by atoms with Gasteiger partial charge in [-0.1, -0.05) is 29.8 Å². The molecule has 1 aliphatic heterocycles. The number of hydrogen-bond donors (Lipinski definition) is 1. The largest absolute Gasteiger partial charge is 0.384 e. The lowest BCUT2D eigenvalue weighted by Crippen LogP contribution is -2.41. The maximum absolute atomic E-state index is 3.78. The van der Waals surface area contributed by atoms with Crippen LogP contribution < -0.4 is 5.32 Å². The van der Waals surface area contributed by atoms with E-state index in [0.717, 1.165) is 12.6 Å². The highest BCUT2D eigenvalue weighted by Gasteiger charge is 2.35. The van der Waals surface area contributed by atoms with Crippen LogP contribution in [0.5, 0.6) is 0 Å². The maximum atomic E-state index is 3.78. The van der Waals surface area contributed by atoms with Gasteiger partial charge in [0.15, 0.2) is 0 Å². The second kappa shape index (κ2) is 6.07. The van der Waals surface area contributed by atoms with Gasteiger partial charge in [-0.3, -0.25) is 0 Å². The number of nitrogens with zero attached hydrogens (tertiary/aromatic N) is 1. The summed E-state index contributed by atoms with van der Waals surface area (Å²) in [6, 6.07) is 5.17. The average molecular weight is 337 g/mol. The van der Waals surface area contributed by atoms with E-state index >= 15 is 0 Å². The molecule has 0 spiro atoms. The van der Waals surface area contributed by atoms with Gasteiger partial charge in [-0.2, -0.15) is 0 Å². The fourth-order valence-corrected chi connectivity index (χ4v) is 4.49. The molecule has 0 bridgehead atoms. The standard InChI is InChI=1S/C17H25BrN2/c1-3-7-20(8-4-2)13-9-12-11-19-16-6-5-15(18)14(10-13)17(12)16/h5-6,12-13,19H,3-4,7-11H2,1-2H3/t12-,13-/m0/s1. The van der Waals surface area contributed by atoms with Gasteiger partial charge in [-0.15, -0.1) is 0 Å². The van der Waals surface area contributed by atoms with Gasteiger partial charge < -0.3 is 10.2 Å². The lowest BCUT2D eigenvalue weighted by Gasteiger charge is -2.37. The summed E-state index contributed by atoms with van der Waals surface area (Å²) < 4.78 is 1.31. The Morgan fingerprint density at radius 1 is 1.25 bits per heavy atom. The molecule has 0 aromatic heterocycles. The summed E-state index contributed by atoms with van der Waals surface area (Å²) in [5.41, 5.74) is 4.54. The van der Waals surface area contributed by atoms with E-state index in [1.165, 1.54) is 48.9 Å². The monoisotopic (exact) mass is 336 g/mol. The molecule has 2 aliphatic rings. The van der Waals surface area contributed by atoms with Crippen molar-refractivity contribution < 1.29 is 0 Å². The molecule has 3 heteroatoms. The van der Waals surface area contributed by atoms with E-state index in [1.54, 1.807) is 11.1 Å². The SMILES string of the molecule is CCCN(CCC)[C@@H]1Cc2c(Br)ccc3c2[C@H](CN3)C1. The van der Waals surface area contributed by atoms with E-state index in [-0.39, 0.29) is 0 Å². The summed E-state index contributed by atoms with van der Waals surface area (Å²) in [4.78, 5) is 2.72. The van der Waals surface area contributed by atoms with E-state index in [0.29, 0.717) is 5.92 Å². The van der Waals surface area contributed by atoms with E-state index in [1.807, 2.05) is 0 Å². The van der Waals surface area contributed by atoms with Crippen molar-refractivity contribution in [2.45, 2.75) is 51.5 Å². The summed E-state index contributed by atoms with van der Waals surface area (Å²) in [5, 5.41) is 3.59. The second-order valence-corrected chi connectivity index (χ2v) is 7.05. The zero-order valence-electron chi connectivity index (χ0n) is 12.6. The normalized spacial score (nSPS) is 23.8. The van der Waals surface area contributed by atoms with Gasteiger partial charge in [0, 0.05) is 28.7 Å². The molecule has 0 unspecified atom stereocenters. The molecule has 1 heterocycles. The first-order valence-electron chi connectivity index (χ1n) is 8.03. The van der Waals surface area contributed by atoms with Crippen molar-refractivity contribution >= 4 is 21.6 Å². The molecular weight excluding hydrogens is 312 g/mol. The van der Waals surface area contributed by atoms with E-state index in [2.05, 4.69) is 52.1 Å². The lowest BCUT2D eigenvalue weighted by molar-refractivity contribution is 0.172. The summed E-state index contributed by atoms with van der Waals surface area (Å²) in [5.74, 6) is 0.715. The van der Waals surface area contributed by atoms with Crippen molar-refractivity contribution in [1.82, 2.24) is 4.90 Å². The topological polar surface area (TPSA) is 15.3 Å². The molecule has 110 valence electrons. The molecule has 1 aromatic carbocycles. The fourth-order valence-electron chi connectivity index (χ4n) is 3.98. The van der Waals surface area contributed by atoms with E-state index in [4.69, 9.17) is 0 Å². The second-order valence-electron chi connectivity index (χ2n) is 6.19. The van der Waals surface area contributed by atoms with Gasteiger partial charge in [0.1, 0.15) is 0 Å². The molecule has 20 heavy (non-hydrogen) atoms. The molecule has 2 atom stereocenters. The van der Waals surface area contributed by atoms with Crippen molar-refractivity contribution in [2.75, 3.05) is 25.0 Å². The fraction of sp³-hybridized carbons (Fsp3) is 0.647. The van der Waals surface area contributed by atoms with Crippen LogP contribution in [0.1, 0.15) is 50.2 Å². The molecule has 0 fully saturated rings. The highest BCUT2D eigenvalue weighted by Crippen LogP contribution is 2.45. The number of benzene rings is 1. The molecule has 0 saturated carbocycles. The van der Waals surface area contributed by atoms with Crippen LogP contribution in [0.3, 0.4) is 0 Å². The Morgan fingerprint density at radius 2 is 2.00 bits per heavy atom. The maximum Gasteiger partial charge on any atom is 0.0380 e. The van der Waals surface area contributed by atoms with Crippen LogP contribution in [0.2, 0.25) is 0 Å². The average Bonchev–Trinajstić information content (AvgIpc) is 2.86. The van der Waals surface area contributed by atoms with E-state index in [9.17, 15) is 0 Å². The molecule has 1 N–H and O–H groups in total. The van der Waals surface area contributed by atoms with Gasteiger partial charge in [0.25, 0.3) is 0 Å². The van der Waals surface area contributed by atoms with Crippen LogP contribution in [-0.4, -0.2) is 30.6 Å². The van der Waals surface area contributed by atoms with Gasteiger partial charge in [-0.05, 0) is 62.0 Å². The third kappa shape index (κ3) is 2.50. The highest BCUT2D eigenvalue weighted by atomic mass is 79.9. The van der Waals surface area contributed by atoms with E-state index < -0.39 is 0 Å². The zero-order valence-corrected chi connectivity index (χ0v) is 14.2. The van der Waals surface area contributed by atoms with Crippen LogP contribution >= 0.6 is 15.9 Å². The Morgan fingerprint density at radius 3 is 2.70 bits per heavy atom. The Labute approximate surface area is 131 Å². The minimum atomic E-state index is 0.715. The summed E-state index contributed by atoms with van der Waals surface area (Å²) in [6.45, 7) is 8.20. The molecular formula is C17H25BrN2. The molecule has 1 aromatic rings. The van der Waals surface area contributed by atoms with Gasteiger partial charge in [0.2, 0.25) is 0 Å². The highest BCUT2D eigenvalue weighted by molar-refractivity contribution is 9.10. The Bertz CT molecular complexity index is 480. The first-order valence-corrected chi connectivity index (χ1v) is 8.83. The predicted molar refractivity (Wildman–Crippen MR) is 89.6 cm³/mol. The van der Waals surface area contributed by atoms with Crippen LogP contribution in [-0.2, 0) is 6.42 Å². The minimum Gasteiger partial charge on any atom is -0.384 e. The zero-order chi connectivity index (χ0) is 14.1. The quantitative estimate of drug-likeness (QED) is 0.857. The molecule has 2 nitrogen and oxygen atoms in total. The third-order valence-electron chi connectivity index (χ3n) is 4.78. The lowest BCUT2D eigenvalue weighted by atomic mass is 9.80. The first-order chi connectivity index (χ1) is 9.74. The summed E-state index contributed by atoms with van der Waals surface area (Å²) in [7, 11) is 0. The van der Waals surface area contributed by atoms with Gasteiger partial charge >= 0.3 is 0 Å². The molecule has 1 aliphatic carbocycles. The molecule has 0 amide bonds. The third-order valence-corrected chi connectivity index (χ3v) is 5.52. The molecule has 0 saturated heterocycles. The summed E-state index contributed by atoms with van der Waals surface area (Å²) in [6.07, 6.45) is 5.05. The van der Waals surface area contributed by atoms with Crippen LogP contribution in [0.25, 0.3) is 0 Å². The predicted octanol–water partition coefficient (Wildman–Crippen LogP) is 4.40. The number of hydrogen-bond acceptors (Lipinski definition) is 2. The Balaban J connectivity index is 1.88. The minimum absolute atomic E-state index is 0.715. The number of anilines is 1. The van der Waals surface area contributed by atoms with Crippen molar-refractivity contribution in [1.29, 1.82) is 0 Å². The summed E-state index contributed by atoms with van der Waals surface area (Å²) >= 11 is 3.78. The smallest absolute Gasteiger partial charge is 0.0380 e. The van der Waals surface area contributed by atoms with Crippen molar-refractivity contribution in [3.63, 3.8) is 0 Å². The number of rotatable bonds is 5. The van der Waals surface area contributed by atoms with Gasteiger partial charge in [-0.25, -0.2) is 0 Å².